The Hall–Kier alpha value is -1.86. The third kappa shape index (κ3) is 5.32. The fourth-order valence-corrected chi connectivity index (χ4v) is 2.82. The summed E-state index contributed by atoms with van der Waals surface area (Å²) < 4.78 is 0. The highest BCUT2D eigenvalue weighted by atomic mass is 127. The monoisotopic (exact) mass is 480 g/mol. The van der Waals surface area contributed by atoms with E-state index < -0.39 is 0 Å². The molecule has 6 heteroatoms. The summed E-state index contributed by atoms with van der Waals surface area (Å²) in [6.45, 7) is 4.06. The van der Waals surface area contributed by atoms with Crippen LogP contribution in [-0.4, -0.2) is 17.5 Å². The van der Waals surface area contributed by atoms with Gasteiger partial charge >= 0.3 is 0 Å². The van der Waals surface area contributed by atoms with Gasteiger partial charge in [-0.1, -0.05) is 48.0 Å². The number of guanidine groups is 1. The van der Waals surface area contributed by atoms with Gasteiger partial charge in [-0.2, -0.15) is 0 Å². The van der Waals surface area contributed by atoms with Gasteiger partial charge in [0.05, 0.1) is 12.1 Å². The number of para-hydroxylation sites is 1. The standard InChI is InChI=1S/C20H21ClN4.HI/c1-2-22-20(25-14-16-7-3-5-9-18(16)21)24-13-15-11-12-23-19-10-6-4-8-17(15)19;/h3-12H,2,13-14H2,1H3,(H2,22,24,25);1H. The second-order valence-corrected chi connectivity index (χ2v) is 6.03. The molecular weight excluding hydrogens is 459 g/mol. The maximum atomic E-state index is 6.22. The smallest absolute Gasteiger partial charge is 0.191 e. The molecule has 0 spiro atoms. The van der Waals surface area contributed by atoms with Crippen LogP contribution in [0, 0.1) is 0 Å². The zero-order valence-electron chi connectivity index (χ0n) is 14.6. The molecule has 1 aromatic heterocycles. The summed E-state index contributed by atoms with van der Waals surface area (Å²) in [4.78, 5) is 9.10. The van der Waals surface area contributed by atoms with E-state index in [0.29, 0.717) is 13.1 Å². The molecule has 0 atom stereocenters. The third-order valence-electron chi connectivity index (χ3n) is 3.90. The molecule has 0 saturated heterocycles. The summed E-state index contributed by atoms with van der Waals surface area (Å²) >= 11 is 6.22. The molecule has 0 aliphatic rings. The quantitative estimate of drug-likeness (QED) is 0.314. The van der Waals surface area contributed by atoms with E-state index in [0.717, 1.165) is 39.6 Å². The molecule has 3 rings (SSSR count). The van der Waals surface area contributed by atoms with Gasteiger partial charge in [-0.15, -0.1) is 24.0 Å². The minimum atomic E-state index is 0. The van der Waals surface area contributed by atoms with Crippen LogP contribution in [0.2, 0.25) is 5.02 Å². The summed E-state index contributed by atoms with van der Waals surface area (Å²) in [5, 5.41) is 8.50. The number of aliphatic imine (C=N–C) groups is 1. The highest BCUT2D eigenvalue weighted by Gasteiger charge is 2.04. The number of benzene rings is 2. The Labute approximate surface area is 176 Å². The van der Waals surface area contributed by atoms with E-state index in [9.17, 15) is 0 Å². The number of pyridine rings is 1. The minimum absolute atomic E-state index is 0. The lowest BCUT2D eigenvalue weighted by atomic mass is 10.1. The van der Waals surface area contributed by atoms with E-state index in [1.54, 1.807) is 0 Å². The van der Waals surface area contributed by atoms with Crippen molar-refractivity contribution in [2.45, 2.75) is 20.0 Å². The summed E-state index contributed by atoms with van der Waals surface area (Å²) in [7, 11) is 0. The van der Waals surface area contributed by atoms with Gasteiger partial charge in [0, 0.05) is 29.7 Å². The van der Waals surface area contributed by atoms with Crippen molar-refractivity contribution in [3.05, 3.63) is 76.9 Å². The highest BCUT2D eigenvalue weighted by molar-refractivity contribution is 14.0. The van der Waals surface area contributed by atoms with E-state index in [2.05, 4.69) is 28.6 Å². The molecule has 2 aromatic carbocycles. The maximum Gasteiger partial charge on any atom is 0.191 e. The van der Waals surface area contributed by atoms with Crippen molar-refractivity contribution in [1.82, 2.24) is 15.6 Å². The predicted molar refractivity (Wildman–Crippen MR) is 120 cm³/mol. The largest absolute Gasteiger partial charge is 0.357 e. The van der Waals surface area contributed by atoms with Crippen LogP contribution in [0.5, 0.6) is 0 Å². The van der Waals surface area contributed by atoms with Gasteiger partial charge in [-0.25, -0.2) is 4.99 Å². The van der Waals surface area contributed by atoms with E-state index >= 15 is 0 Å². The number of aromatic nitrogens is 1. The van der Waals surface area contributed by atoms with Crippen molar-refractivity contribution in [2.24, 2.45) is 4.99 Å². The lowest BCUT2D eigenvalue weighted by molar-refractivity contribution is 0.817. The molecular formula is C20H22ClIN4. The van der Waals surface area contributed by atoms with Gasteiger partial charge in [-0.3, -0.25) is 4.98 Å². The Bertz CT molecular complexity index is 877. The molecule has 3 aromatic rings. The van der Waals surface area contributed by atoms with E-state index in [-0.39, 0.29) is 24.0 Å². The Balaban J connectivity index is 0.00000243. The molecule has 0 fully saturated rings. The first-order chi connectivity index (χ1) is 12.3. The zero-order chi connectivity index (χ0) is 17.5. The van der Waals surface area contributed by atoms with Crippen LogP contribution < -0.4 is 10.6 Å². The molecule has 136 valence electrons. The lowest BCUT2D eigenvalue weighted by Crippen LogP contribution is -2.36. The number of fused-ring (bicyclic) bond motifs is 1. The third-order valence-corrected chi connectivity index (χ3v) is 4.26. The Morgan fingerprint density at radius 2 is 1.77 bits per heavy atom. The van der Waals surface area contributed by atoms with Crippen LogP contribution in [-0.2, 0) is 13.1 Å². The molecule has 0 radical (unpaired) electrons. The molecule has 0 aliphatic carbocycles. The fraction of sp³-hybridized carbons (Fsp3) is 0.200. The first-order valence-electron chi connectivity index (χ1n) is 8.36. The van der Waals surface area contributed by atoms with Gasteiger partial charge in [0.1, 0.15) is 0 Å². The molecule has 0 bridgehead atoms. The van der Waals surface area contributed by atoms with Crippen LogP contribution >= 0.6 is 35.6 Å². The van der Waals surface area contributed by atoms with E-state index in [1.165, 1.54) is 0 Å². The molecule has 0 aliphatic heterocycles. The summed E-state index contributed by atoms with van der Waals surface area (Å²) in [6.07, 6.45) is 1.83. The topological polar surface area (TPSA) is 49.3 Å². The van der Waals surface area contributed by atoms with Crippen LogP contribution in [0.25, 0.3) is 10.9 Å². The van der Waals surface area contributed by atoms with Gasteiger partial charge in [0.2, 0.25) is 0 Å². The average molecular weight is 481 g/mol. The summed E-state index contributed by atoms with van der Waals surface area (Å²) in [5.74, 6) is 0.767. The molecule has 0 unspecified atom stereocenters. The highest BCUT2D eigenvalue weighted by Crippen LogP contribution is 2.17. The minimum Gasteiger partial charge on any atom is -0.357 e. The second kappa shape index (κ2) is 10.3. The summed E-state index contributed by atoms with van der Waals surface area (Å²) in [5.41, 5.74) is 3.19. The van der Waals surface area contributed by atoms with Crippen molar-refractivity contribution >= 4 is 52.4 Å². The fourth-order valence-electron chi connectivity index (χ4n) is 2.62. The Morgan fingerprint density at radius 1 is 1.00 bits per heavy atom. The summed E-state index contributed by atoms with van der Waals surface area (Å²) in [6, 6.07) is 18.0. The molecule has 0 saturated carbocycles. The van der Waals surface area contributed by atoms with Crippen LogP contribution in [0.1, 0.15) is 18.1 Å². The normalized spacial score (nSPS) is 11.1. The van der Waals surface area contributed by atoms with Crippen LogP contribution in [0.4, 0.5) is 0 Å². The van der Waals surface area contributed by atoms with Crippen LogP contribution in [0.15, 0.2) is 65.8 Å². The van der Waals surface area contributed by atoms with Gasteiger partial charge < -0.3 is 10.6 Å². The van der Waals surface area contributed by atoms with Crippen molar-refractivity contribution in [3.8, 4) is 0 Å². The van der Waals surface area contributed by atoms with Crippen molar-refractivity contribution in [3.63, 3.8) is 0 Å². The van der Waals surface area contributed by atoms with Gasteiger partial charge in [0.15, 0.2) is 5.96 Å². The van der Waals surface area contributed by atoms with E-state index in [1.807, 2.05) is 54.7 Å². The number of nitrogens with one attached hydrogen (secondary N) is 2. The number of nitrogens with zero attached hydrogens (tertiary/aromatic N) is 2. The zero-order valence-corrected chi connectivity index (χ0v) is 17.7. The first kappa shape index (κ1) is 20.5. The molecule has 0 amide bonds. The molecule has 4 nitrogen and oxygen atoms in total. The number of halogens is 2. The van der Waals surface area contributed by atoms with Crippen molar-refractivity contribution in [2.75, 3.05) is 6.54 Å². The average Bonchev–Trinajstić information content (AvgIpc) is 2.65. The number of rotatable bonds is 5. The molecule has 1 heterocycles. The SMILES string of the molecule is CCNC(=NCc1ccnc2ccccc12)NCc1ccccc1Cl.I. The predicted octanol–water partition coefficient (Wildman–Crippen LogP) is 4.76. The second-order valence-electron chi connectivity index (χ2n) is 5.63. The van der Waals surface area contributed by atoms with Gasteiger partial charge in [0.25, 0.3) is 0 Å². The lowest BCUT2D eigenvalue weighted by Gasteiger charge is -2.12. The van der Waals surface area contributed by atoms with Crippen LogP contribution in [0.3, 0.4) is 0 Å². The van der Waals surface area contributed by atoms with Gasteiger partial charge in [-0.05, 0) is 36.2 Å². The number of hydrogen-bond donors (Lipinski definition) is 2. The van der Waals surface area contributed by atoms with Crippen molar-refractivity contribution in [1.29, 1.82) is 0 Å². The van der Waals surface area contributed by atoms with Crippen molar-refractivity contribution < 1.29 is 0 Å². The Kier molecular flexibility index (Phi) is 8.12. The Morgan fingerprint density at radius 3 is 2.58 bits per heavy atom. The first-order valence-corrected chi connectivity index (χ1v) is 8.74. The molecule has 2 N–H and O–H groups in total. The number of hydrogen-bond acceptors (Lipinski definition) is 2. The van der Waals surface area contributed by atoms with E-state index in [4.69, 9.17) is 16.6 Å². The molecule has 26 heavy (non-hydrogen) atoms. The maximum absolute atomic E-state index is 6.22.